The highest BCUT2D eigenvalue weighted by atomic mass is 19.1. The van der Waals surface area contributed by atoms with E-state index >= 15 is 0 Å². The Bertz CT molecular complexity index is 97.6. The third-order valence-electron chi connectivity index (χ3n) is 1.53. The first-order valence-corrected chi connectivity index (χ1v) is 3.72. The van der Waals surface area contributed by atoms with Crippen molar-refractivity contribution in [3.63, 3.8) is 0 Å². The largest absolute Gasteiger partial charge is 0.245 e. The van der Waals surface area contributed by atoms with Crippen LogP contribution in [0.15, 0.2) is 5.18 Å². The van der Waals surface area contributed by atoms with Crippen molar-refractivity contribution in [2.75, 3.05) is 0 Å². The van der Waals surface area contributed by atoms with Crippen LogP contribution in [0.25, 0.3) is 0 Å². The lowest BCUT2D eigenvalue weighted by Crippen LogP contribution is -2.18. The molecule has 0 heterocycles. The summed E-state index contributed by atoms with van der Waals surface area (Å²) in [6.07, 6.45) is 0.726. The van der Waals surface area contributed by atoms with Crippen LogP contribution >= 0.6 is 0 Å². The van der Waals surface area contributed by atoms with Crippen LogP contribution in [0.4, 0.5) is 4.39 Å². The maximum absolute atomic E-state index is 12.7. The molecule has 10 heavy (non-hydrogen) atoms. The van der Waals surface area contributed by atoms with Crippen molar-refractivity contribution in [1.29, 1.82) is 0 Å². The van der Waals surface area contributed by atoms with Gasteiger partial charge in [0.2, 0.25) is 0 Å². The summed E-state index contributed by atoms with van der Waals surface area (Å²) in [5.41, 5.74) is 0. The van der Waals surface area contributed by atoms with Gasteiger partial charge >= 0.3 is 0 Å². The minimum absolute atomic E-state index is 0.385. The molecule has 0 aromatic carbocycles. The van der Waals surface area contributed by atoms with E-state index < -0.39 is 12.2 Å². The Morgan fingerprint density at radius 1 is 1.50 bits per heavy atom. The summed E-state index contributed by atoms with van der Waals surface area (Å²) < 4.78 is 12.7. The molecular formula is C7H14FNO. The van der Waals surface area contributed by atoms with Crippen molar-refractivity contribution in [2.45, 2.75) is 45.3 Å². The zero-order chi connectivity index (χ0) is 7.98. The lowest BCUT2D eigenvalue weighted by Gasteiger charge is -2.09. The average Bonchev–Trinajstić information content (AvgIpc) is 1.99. The molecule has 2 atom stereocenters. The predicted molar refractivity (Wildman–Crippen MR) is 39.7 cm³/mol. The zero-order valence-electron chi connectivity index (χ0n) is 6.51. The molecule has 0 aliphatic rings. The molecule has 0 fully saturated rings. The molecule has 2 nitrogen and oxygen atoms in total. The molecule has 0 aliphatic carbocycles. The molecule has 0 N–H and O–H groups in total. The molecule has 0 aromatic rings. The van der Waals surface area contributed by atoms with Gasteiger partial charge in [-0.05, 0) is 12.8 Å². The monoisotopic (exact) mass is 147 g/mol. The Labute approximate surface area is 60.8 Å². The summed E-state index contributed by atoms with van der Waals surface area (Å²) in [7, 11) is 0. The van der Waals surface area contributed by atoms with Crippen molar-refractivity contribution in [3.8, 4) is 0 Å². The number of hydrogen-bond acceptors (Lipinski definition) is 2. The second kappa shape index (κ2) is 5.33. The quantitative estimate of drug-likeness (QED) is 0.550. The normalized spacial score (nSPS) is 16.3. The number of halogens is 1. The Kier molecular flexibility index (Phi) is 5.08. The first-order chi connectivity index (χ1) is 4.76. The lowest BCUT2D eigenvalue weighted by atomic mass is 10.1. The topological polar surface area (TPSA) is 29.4 Å². The van der Waals surface area contributed by atoms with Crippen molar-refractivity contribution in [2.24, 2.45) is 5.18 Å². The number of nitrogens with zero attached hydrogens (tertiary/aromatic N) is 1. The van der Waals surface area contributed by atoms with Crippen LogP contribution in [0.1, 0.15) is 33.1 Å². The van der Waals surface area contributed by atoms with E-state index in [0.717, 1.165) is 6.42 Å². The molecule has 0 amide bonds. The molecule has 60 valence electrons. The van der Waals surface area contributed by atoms with E-state index in [1.807, 2.05) is 6.92 Å². The third kappa shape index (κ3) is 2.90. The molecule has 0 aliphatic heterocycles. The SMILES string of the molecule is CCCC(N=O)C(F)CC. The summed E-state index contributed by atoms with van der Waals surface area (Å²) >= 11 is 0. The van der Waals surface area contributed by atoms with Crippen LogP contribution in [0.3, 0.4) is 0 Å². The third-order valence-corrected chi connectivity index (χ3v) is 1.53. The molecular weight excluding hydrogens is 133 g/mol. The van der Waals surface area contributed by atoms with Gasteiger partial charge in [-0.1, -0.05) is 25.4 Å². The van der Waals surface area contributed by atoms with Crippen molar-refractivity contribution in [1.82, 2.24) is 0 Å². The van der Waals surface area contributed by atoms with E-state index in [0.29, 0.717) is 12.8 Å². The van der Waals surface area contributed by atoms with E-state index in [1.165, 1.54) is 0 Å². The summed E-state index contributed by atoms with van der Waals surface area (Å²) in [4.78, 5) is 10.0. The van der Waals surface area contributed by atoms with Gasteiger partial charge in [-0.15, -0.1) is 0 Å². The van der Waals surface area contributed by atoms with Gasteiger partial charge in [-0.3, -0.25) is 0 Å². The van der Waals surface area contributed by atoms with Crippen LogP contribution in [0.2, 0.25) is 0 Å². The van der Waals surface area contributed by atoms with Crippen LogP contribution in [-0.2, 0) is 0 Å². The number of rotatable bonds is 5. The van der Waals surface area contributed by atoms with E-state index in [2.05, 4.69) is 5.18 Å². The molecule has 0 radical (unpaired) electrons. The summed E-state index contributed by atoms with van der Waals surface area (Å²) in [5.74, 6) is 0. The highest BCUT2D eigenvalue weighted by Gasteiger charge is 2.18. The van der Waals surface area contributed by atoms with Gasteiger partial charge in [0.25, 0.3) is 0 Å². The molecule has 0 saturated carbocycles. The predicted octanol–water partition coefficient (Wildman–Crippen LogP) is 2.67. The highest BCUT2D eigenvalue weighted by Crippen LogP contribution is 2.12. The fraction of sp³-hybridized carbons (Fsp3) is 1.00. The molecule has 2 unspecified atom stereocenters. The minimum atomic E-state index is -1.04. The van der Waals surface area contributed by atoms with E-state index in [-0.39, 0.29) is 0 Å². The maximum Gasteiger partial charge on any atom is 0.126 e. The Balaban J connectivity index is 3.67. The number of hydrogen-bond donors (Lipinski definition) is 0. The Morgan fingerprint density at radius 2 is 2.10 bits per heavy atom. The highest BCUT2D eigenvalue weighted by molar-refractivity contribution is 4.73. The minimum Gasteiger partial charge on any atom is -0.245 e. The maximum atomic E-state index is 12.7. The standard InChI is InChI=1S/C7H14FNO/c1-3-5-7(9-10)6(8)4-2/h6-7H,3-5H2,1-2H3. The fourth-order valence-corrected chi connectivity index (χ4v) is 0.867. The second-order valence-electron chi connectivity index (χ2n) is 2.39. The van der Waals surface area contributed by atoms with Gasteiger partial charge in [0.1, 0.15) is 12.2 Å². The average molecular weight is 147 g/mol. The number of nitroso groups, excluding NO2 is 1. The summed E-state index contributed by atoms with van der Waals surface area (Å²) in [5, 5.41) is 2.72. The van der Waals surface area contributed by atoms with Crippen molar-refractivity contribution >= 4 is 0 Å². The number of alkyl halides is 1. The van der Waals surface area contributed by atoms with Crippen molar-refractivity contribution < 1.29 is 4.39 Å². The molecule has 0 aromatic heterocycles. The van der Waals surface area contributed by atoms with Gasteiger partial charge in [0, 0.05) is 0 Å². The smallest absolute Gasteiger partial charge is 0.126 e. The first kappa shape index (κ1) is 9.53. The Hall–Kier alpha value is -0.470. The lowest BCUT2D eigenvalue weighted by molar-refractivity contribution is 0.264. The van der Waals surface area contributed by atoms with Gasteiger partial charge < -0.3 is 0 Å². The summed E-state index contributed by atoms with van der Waals surface area (Å²) in [6, 6.07) is -0.616. The van der Waals surface area contributed by atoms with E-state index in [4.69, 9.17) is 0 Å². The van der Waals surface area contributed by atoms with Gasteiger partial charge in [0.15, 0.2) is 0 Å². The summed E-state index contributed by atoms with van der Waals surface area (Å²) in [6.45, 7) is 3.64. The molecule has 0 rings (SSSR count). The fourth-order valence-electron chi connectivity index (χ4n) is 0.867. The zero-order valence-corrected chi connectivity index (χ0v) is 6.51. The first-order valence-electron chi connectivity index (χ1n) is 3.72. The van der Waals surface area contributed by atoms with Crippen LogP contribution < -0.4 is 0 Å². The Morgan fingerprint density at radius 3 is 2.40 bits per heavy atom. The molecule has 0 bridgehead atoms. The van der Waals surface area contributed by atoms with Crippen LogP contribution in [-0.4, -0.2) is 12.2 Å². The molecule has 0 saturated heterocycles. The van der Waals surface area contributed by atoms with E-state index in [9.17, 15) is 9.30 Å². The van der Waals surface area contributed by atoms with E-state index in [1.54, 1.807) is 6.92 Å². The van der Waals surface area contributed by atoms with Gasteiger partial charge in [-0.2, -0.15) is 4.91 Å². The van der Waals surface area contributed by atoms with Crippen LogP contribution in [0, 0.1) is 4.91 Å². The molecule has 0 spiro atoms. The van der Waals surface area contributed by atoms with Gasteiger partial charge in [0.05, 0.1) is 0 Å². The van der Waals surface area contributed by atoms with Gasteiger partial charge in [-0.25, -0.2) is 4.39 Å². The van der Waals surface area contributed by atoms with Crippen LogP contribution in [0.5, 0.6) is 0 Å². The van der Waals surface area contributed by atoms with Crippen molar-refractivity contribution in [3.05, 3.63) is 4.91 Å². The molecule has 3 heteroatoms. The second-order valence-corrected chi connectivity index (χ2v) is 2.39.